The third-order valence-electron chi connectivity index (χ3n) is 5.25. The molecule has 4 nitrogen and oxygen atoms in total. The van der Waals surface area contributed by atoms with Gasteiger partial charge in [-0.05, 0) is 49.3 Å². The van der Waals surface area contributed by atoms with Crippen molar-refractivity contribution >= 4 is 17.9 Å². The molecule has 0 spiro atoms. The standard InChI is InChI=1S/C24H28N2O2/c1-19(25-23(27)13-12-20-8-4-2-5-9-20)24(28)26-16-14-22(15-17-26)18-21-10-6-3-7-11-21/h2-13,19,22H,14-18H2,1H3,(H,25,27)/b13-12+. The van der Waals surface area contributed by atoms with Gasteiger partial charge in [-0.2, -0.15) is 0 Å². The van der Waals surface area contributed by atoms with Gasteiger partial charge in [-0.15, -0.1) is 0 Å². The number of nitrogens with one attached hydrogen (secondary N) is 1. The first-order chi connectivity index (χ1) is 13.6. The average molecular weight is 377 g/mol. The van der Waals surface area contributed by atoms with E-state index >= 15 is 0 Å². The second-order valence-corrected chi connectivity index (χ2v) is 7.43. The summed E-state index contributed by atoms with van der Waals surface area (Å²) in [6, 6.07) is 19.6. The maximum Gasteiger partial charge on any atom is 0.244 e. The molecule has 1 heterocycles. The van der Waals surface area contributed by atoms with E-state index in [-0.39, 0.29) is 11.8 Å². The van der Waals surface area contributed by atoms with E-state index in [0.29, 0.717) is 5.92 Å². The first-order valence-electron chi connectivity index (χ1n) is 9.98. The van der Waals surface area contributed by atoms with Crippen LogP contribution in [0.25, 0.3) is 6.08 Å². The highest BCUT2D eigenvalue weighted by Crippen LogP contribution is 2.22. The van der Waals surface area contributed by atoms with Gasteiger partial charge in [0.15, 0.2) is 0 Å². The SMILES string of the molecule is CC(NC(=O)/C=C/c1ccccc1)C(=O)N1CCC(Cc2ccccc2)CC1. The summed E-state index contributed by atoms with van der Waals surface area (Å²) in [5.41, 5.74) is 2.32. The average Bonchev–Trinajstić information content (AvgIpc) is 2.74. The van der Waals surface area contributed by atoms with Crippen LogP contribution in [-0.2, 0) is 16.0 Å². The Labute approximate surface area is 167 Å². The number of rotatable bonds is 6. The molecule has 1 unspecified atom stereocenters. The lowest BCUT2D eigenvalue weighted by molar-refractivity contribution is -0.136. The van der Waals surface area contributed by atoms with E-state index in [4.69, 9.17) is 0 Å². The number of carbonyl (C=O) groups excluding carboxylic acids is 2. The van der Waals surface area contributed by atoms with E-state index in [1.165, 1.54) is 11.6 Å². The minimum Gasteiger partial charge on any atom is -0.341 e. The highest BCUT2D eigenvalue weighted by atomic mass is 16.2. The molecule has 1 atom stereocenters. The number of likely N-dealkylation sites (tertiary alicyclic amines) is 1. The van der Waals surface area contributed by atoms with Crippen molar-refractivity contribution in [2.45, 2.75) is 32.2 Å². The predicted molar refractivity (Wildman–Crippen MR) is 113 cm³/mol. The number of nitrogens with zero attached hydrogens (tertiary/aromatic N) is 1. The molecule has 0 bridgehead atoms. The van der Waals surface area contributed by atoms with E-state index in [2.05, 4.69) is 29.6 Å². The number of benzene rings is 2. The van der Waals surface area contributed by atoms with Crippen LogP contribution in [0.1, 0.15) is 30.9 Å². The van der Waals surface area contributed by atoms with E-state index in [1.54, 1.807) is 13.0 Å². The zero-order valence-corrected chi connectivity index (χ0v) is 16.4. The summed E-state index contributed by atoms with van der Waals surface area (Å²) in [6.07, 6.45) is 6.32. The third-order valence-corrected chi connectivity index (χ3v) is 5.25. The van der Waals surface area contributed by atoms with Crippen LogP contribution in [-0.4, -0.2) is 35.8 Å². The lowest BCUT2D eigenvalue weighted by atomic mass is 9.90. The molecular formula is C24H28N2O2. The van der Waals surface area contributed by atoms with Crippen LogP contribution in [0, 0.1) is 5.92 Å². The molecule has 1 saturated heterocycles. The van der Waals surface area contributed by atoms with Crippen LogP contribution < -0.4 is 5.32 Å². The fraction of sp³-hybridized carbons (Fsp3) is 0.333. The molecule has 0 aliphatic carbocycles. The molecule has 1 N–H and O–H groups in total. The number of amides is 2. The molecule has 2 amide bonds. The van der Waals surface area contributed by atoms with Crippen molar-refractivity contribution in [3.63, 3.8) is 0 Å². The predicted octanol–water partition coefficient (Wildman–Crippen LogP) is 3.69. The normalized spacial score (nSPS) is 16.1. The summed E-state index contributed by atoms with van der Waals surface area (Å²) < 4.78 is 0. The van der Waals surface area contributed by atoms with E-state index in [1.807, 2.05) is 41.3 Å². The van der Waals surface area contributed by atoms with Crippen molar-refractivity contribution in [3.8, 4) is 0 Å². The van der Waals surface area contributed by atoms with E-state index in [9.17, 15) is 9.59 Å². The highest BCUT2D eigenvalue weighted by Gasteiger charge is 2.26. The van der Waals surface area contributed by atoms with Crippen LogP contribution in [0.4, 0.5) is 0 Å². The van der Waals surface area contributed by atoms with Gasteiger partial charge >= 0.3 is 0 Å². The van der Waals surface area contributed by atoms with Crippen molar-refractivity contribution in [1.82, 2.24) is 10.2 Å². The minimum absolute atomic E-state index is 0.000350. The van der Waals surface area contributed by atoms with E-state index < -0.39 is 6.04 Å². The lowest BCUT2D eigenvalue weighted by Gasteiger charge is -2.33. The van der Waals surface area contributed by atoms with Crippen molar-refractivity contribution in [2.24, 2.45) is 5.92 Å². The molecule has 1 aliphatic rings. The molecule has 2 aromatic carbocycles. The van der Waals surface area contributed by atoms with Crippen LogP contribution in [0.5, 0.6) is 0 Å². The van der Waals surface area contributed by atoms with Gasteiger partial charge in [0.1, 0.15) is 6.04 Å². The first kappa shape index (κ1) is 19.9. The Bertz CT molecular complexity index is 794. The lowest BCUT2D eigenvalue weighted by Crippen LogP contribution is -2.49. The second-order valence-electron chi connectivity index (χ2n) is 7.43. The van der Waals surface area contributed by atoms with Crippen LogP contribution in [0.2, 0.25) is 0 Å². The van der Waals surface area contributed by atoms with Crippen LogP contribution >= 0.6 is 0 Å². The van der Waals surface area contributed by atoms with Crippen molar-refractivity contribution < 1.29 is 9.59 Å². The summed E-state index contributed by atoms with van der Waals surface area (Å²) in [5.74, 6) is 0.369. The molecule has 0 radical (unpaired) electrons. The van der Waals surface area contributed by atoms with E-state index in [0.717, 1.165) is 37.9 Å². The quantitative estimate of drug-likeness (QED) is 0.782. The Kier molecular flexibility index (Phi) is 7.01. The van der Waals surface area contributed by atoms with Crippen molar-refractivity contribution in [1.29, 1.82) is 0 Å². The minimum atomic E-state index is -0.515. The van der Waals surface area contributed by atoms with Crippen molar-refractivity contribution in [2.75, 3.05) is 13.1 Å². The summed E-state index contributed by atoms with van der Waals surface area (Å²) in [6.45, 7) is 3.28. The van der Waals surface area contributed by atoms with Gasteiger partial charge in [-0.1, -0.05) is 60.7 Å². The van der Waals surface area contributed by atoms with Crippen molar-refractivity contribution in [3.05, 3.63) is 77.9 Å². The number of piperidine rings is 1. The van der Waals surface area contributed by atoms with Gasteiger partial charge in [0, 0.05) is 19.2 Å². The summed E-state index contributed by atoms with van der Waals surface area (Å²) in [5, 5.41) is 2.78. The monoisotopic (exact) mass is 376 g/mol. The molecule has 1 aliphatic heterocycles. The second kappa shape index (κ2) is 9.88. The maximum atomic E-state index is 12.7. The zero-order valence-electron chi connectivity index (χ0n) is 16.4. The summed E-state index contributed by atoms with van der Waals surface area (Å²) in [7, 11) is 0. The summed E-state index contributed by atoms with van der Waals surface area (Å²) >= 11 is 0. The topological polar surface area (TPSA) is 49.4 Å². The third kappa shape index (κ3) is 5.81. The van der Waals surface area contributed by atoms with Crippen LogP contribution in [0.15, 0.2) is 66.7 Å². The van der Waals surface area contributed by atoms with Gasteiger partial charge in [-0.25, -0.2) is 0 Å². The van der Waals surface area contributed by atoms with Gasteiger partial charge in [0.25, 0.3) is 0 Å². The fourth-order valence-electron chi connectivity index (χ4n) is 3.64. The maximum absolute atomic E-state index is 12.7. The molecule has 146 valence electrons. The molecule has 1 fully saturated rings. The summed E-state index contributed by atoms with van der Waals surface area (Å²) in [4.78, 5) is 26.6. The van der Waals surface area contributed by atoms with Gasteiger partial charge < -0.3 is 10.2 Å². The molecule has 2 aromatic rings. The number of hydrogen-bond donors (Lipinski definition) is 1. The fourth-order valence-corrected chi connectivity index (χ4v) is 3.64. The molecule has 0 saturated carbocycles. The first-order valence-corrected chi connectivity index (χ1v) is 9.98. The smallest absolute Gasteiger partial charge is 0.244 e. The Hall–Kier alpha value is -2.88. The van der Waals surface area contributed by atoms with Crippen LogP contribution in [0.3, 0.4) is 0 Å². The number of carbonyl (C=O) groups is 2. The Balaban J connectivity index is 1.44. The highest BCUT2D eigenvalue weighted by molar-refractivity contribution is 5.95. The van der Waals surface area contributed by atoms with Gasteiger partial charge in [0.2, 0.25) is 11.8 Å². The van der Waals surface area contributed by atoms with Gasteiger partial charge in [0.05, 0.1) is 0 Å². The van der Waals surface area contributed by atoms with Gasteiger partial charge in [-0.3, -0.25) is 9.59 Å². The Morgan fingerprint density at radius 2 is 1.64 bits per heavy atom. The Morgan fingerprint density at radius 1 is 1.04 bits per heavy atom. The largest absolute Gasteiger partial charge is 0.341 e. The molecular weight excluding hydrogens is 348 g/mol. The molecule has 3 rings (SSSR count). The molecule has 28 heavy (non-hydrogen) atoms. The Morgan fingerprint density at radius 3 is 2.29 bits per heavy atom. The number of hydrogen-bond acceptors (Lipinski definition) is 2. The molecule has 0 aromatic heterocycles. The zero-order chi connectivity index (χ0) is 19.8. The molecule has 4 heteroatoms.